The second-order valence-corrected chi connectivity index (χ2v) is 5.24. The summed E-state index contributed by atoms with van der Waals surface area (Å²) in [6, 6.07) is 18.9. The standard InChI is InChI=1S/C18H17N3O2/c1-13-17(19-14(2)22)18(23)21(16-11-7-4-8-12-16)20(13)15-9-5-3-6-10-15/h3-12H,1-2H3,(H,19,22). The van der Waals surface area contributed by atoms with Crippen LogP contribution < -0.4 is 10.9 Å². The molecule has 0 fully saturated rings. The van der Waals surface area contributed by atoms with E-state index in [1.54, 1.807) is 4.68 Å². The molecule has 1 amide bonds. The van der Waals surface area contributed by atoms with Crippen molar-refractivity contribution in [3.05, 3.63) is 76.7 Å². The molecule has 2 aromatic carbocycles. The quantitative estimate of drug-likeness (QED) is 0.809. The number of aromatic nitrogens is 2. The summed E-state index contributed by atoms with van der Waals surface area (Å²) in [7, 11) is 0. The van der Waals surface area contributed by atoms with E-state index in [0.29, 0.717) is 11.4 Å². The van der Waals surface area contributed by atoms with Gasteiger partial charge in [-0.15, -0.1) is 0 Å². The first-order chi connectivity index (χ1) is 11.1. The molecule has 0 unspecified atom stereocenters. The molecule has 0 saturated heterocycles. The second kappa shape index (κ2) is 5.96. The number of hydrogen-bond donors (Lipinski definition) is 1. The molecule has 0 bridgehead atoms. The Kier molecular flexibility index (Phi) is 3.85. The van der Waals surface area contributed by atoms with Crippen molar-refractivity contribution in [3.63, 3.8) is 0 Å². The van der Waals surface area contributed by atoms with Gasteiger partial charge in [0, 0.05) is 6.92 Å². The van der Waals surface area contributed by atoms with Gasteiger partial charge in [0.05, 0.1) is 17.1 Å². The first-order valence-electron chi connectivity index (χ1n) is 7.32. The van der Waals surface area contributed by atoms with Gasteiger partial charge >= 0.3 is 0 Å². The molecule has 1 N–H and O–H groups in total. The Labute approximate surface area is 133 Å². The van der Waals surface area contributed by atoms with E-state index in [1.165, 1.54) is 6.92 Å². The number of nitrogens with one attached hydrogen (secondary N) is 1. The van der Waals surface area contributed by atoms with Crippen LogP contribution in [-0.4, -0.2) is 15.3 Å². The lowest BCUT2D eigenvalue weighted by Gasteiger charge is -2.13. The Balaban J connectivity index is 2.33. The highest BCUT2D eigenvalue weighted by molar-refractivity contribution is 5.89. The summed E-state index contributed by atoms with van der Waals surface area (Å²) in [5, 5.41) is 2.65. The van der Waals surface area contributed by atoms with Crippen LogP contribution in [0.4, 0.5) is 5.69 Å². The first-order valence-corrected chi connectivity index (χ1v) is 7.32. The molecule has 1 heterocycles. The molecular weight excluding hydrogens is 290 g/mol. The number of carbonyl (C=O) groups excluding carboxylic acids is 1. The highest BCUT2D eigenvalue weighted by atomic mass is 16.2. The van der Waals surface area contributed by atoms with Crippen molar-refractivity contribution in [2.75, 3.05) is 5.32 Å². The summed E-state index contributed by atoms with van der Waals surface area (Å²) in [6.45, 7) is 3.21. The lowest BCUT2D eigenvalue weighted by molar-refractivity contribution is -0.114. The molecule has 3 aromatic rings. The van der Waals surface area contributed by atoms with Crippen molar-refractivity contribution in [2.45, 2.75) is 13.8 Å². The molecule has 23 heavy (non-hydrogen) atoms. The smallest absolute Gasteiger partial charge is 0.295 e. The molecule has 116 valence electrons. The minimum atomic E-state index is -0.268. The SMILES string of the molecule is CC(=O)Nc1c(C)n(-c2ccccc2)n(-c2ccccc2)c1=O. The third-order valence-corrected chi connectivity index (χ3v) is 3.59. The van der Waals surface area contributed by atoms with Gasteiger partial charge in [0.2, 0.25) is 5.91 Å². The molecular formula is C18H17N3O2. The monoisotopic (exact) mass is 307 g/mol. The Morgan fingerprint density at radius 3 is 1.83 bits per heavy atom. The molecule has 0 aliphatic rings. The van der Waals surface area contributed by atoms with Crippen molar-refractivity contribution in [1.82, 2.24) is 9.36 Å². The van der Waals surface area contributed by atoms with Gasteiger partial charge in [-0.25, -0.2) is 9.36 Å². The molecule has 0 radical (unpaired) electrons. The van der Waals surface area contributed by atoms with Gasteiger partial charge in [-0.3, -0.25) is 9.59 Å². The van der Waals surface area contributed by atoms with Gasteiger partial charge in [0.25, 0.3) is 5.56 Å². The zero-order chi connectivity index (χ0) is 16.4. The van der Waals surface area contributed by atoms with E-state index in [0.717, 1.165) is 11.4 Å². The molecule has 5 nitrogen and oxygen atoms in total. The normalized spacial score (nSPS) is 10.5. The molecule has 0 aliphatic carbocycles. The Morgan fingerprint density at radius 1 is 0.870 bits per heavy atom. The summed E-state index contributed by atoms with van der Waals surface area (Å²) >= 11 is 0. The highest BCUT2D eigenvalue weighted by Gasteiger charge is 2.19. The molecule has 0 atom stereocenters. The number of amides is 1. The van der Waals surface area contributed by atoms with E-state index in [9.17, 15) is 9.59 Å². The first kappa shape index (κ1) is 14.8. The van der Waals surface area contributed by atoms with E-state index in [2.05, 4.69) is 5.32 Å². The zero-order valence-corrected chi connectivity index (χ0v) is 13.0. The molecule has 0 aliphatic heterocycles. The van der Waals surface area contributed by atoms with Crippen molar-refractivity contribution in [1.29, 1.82) is 0 Å². The van der Waals surface area contributed by atoms with E-state index in [4.69, 9.17) is 0 Å². The van der Waals surface area contributed by atoms with Crippen molar-refractivity contribution < 1.29 is 4.79 Å². The van der Waals surface area contributed by atoms with Crippen molar-refractivity contribution in [2.24, 2.45) is 0 Å². The Bertz CT molecular complexity index is 893. The summed E-state index contributed by atoms with van der Waals surface area (Å²) < 4.78 is 3.37. The van der Waals surface area contributed by atoms with Gasteiger partial charge in [-0.2, -0.15) is 0 Å². The summed E-state index contributed by atoms with van der Waals surface area (Å²) in [5.41, 5.74) is 2.31. The summed E-state index contributed by atoms with van der Waals surface area (Å²) in [6.07, 6.45) is 0. The van der Waals surface area contributed by atoms with Gasteiger partial charge in [-0.05, 0) is 31.2 Å². The van der Waals surface area contributed by atoms with Crippen LogP contribution in [0.3, 0.4) is 0 Å². The second-order valence-electron chi connectivity index (χ2n) is 5.24. The number of benzene rings is 2. The van der Waals surface area contributed by atoms with Crippen LogP contribution in [0.5, 0.6) is 0 Å². The number of nitrogens with zero attached hydrogens (tertiary/aromatic N) is 2. The maximum Gasteiger partial charge on any atom is 0.295 e. The Hall–Kier alpha value is -3.08. The van der Waals surface area contributed by atoms with Crippen LogP contribution >= 0.6 is 0 Å². The van der Waals surface area contributed by atoms with Crippen LogP contribution in [-0.2, 0) is 4.79 Å². The maximum atomic E-state index is 12.8. The van der Waals surface area contributed by atoms with Crippen LogP contribution in [0.25, 0.3) is 11.4 Å². The van der Waals surface area contributed by atoms with Crippen molar-refractivity contribution >= 4 is 11.6 Å². The average Bonchev–Trinajstić information content (AvgIpc) is 2.80. The molecule has 0 saturated carbocycles. The molecule has 5 heteroatoms. The largest absolute Gasteiger partial charge is 0.320 e. The van der Waals surface area contributed by atoms with Crippen LogP contribution in [0.1, 0.15) is 12.6 Å². The van der Waals surface area contributed by atoms with E-state index in [-0.39, 0.29) is 11.5 Å². The number of carbonyl (C=O) groups is 1. The Morgan fingerprint density at radius 2 is 1.35 bits per heavy atom. The minimum absolute atomic E-state index is 0.257. The predicted octanol–water partition coefficient (Wildman–Crippen LogP) is 2.90. The number of hydrogen-bond acceptors (Lipinski definition) is 2. The molecule has 3 rings (SSSR count). The lowest BCUT2D eigenvalue weighted by Crippen LogP contribution is -2.22. The highest BCUT2D eigenvalue weighted by Crippen LogP contribution is 2.20. The number of rotatable bonds is 3. The fourth-order valence-electron chi connectivity index (χ4n) is 2.61. The van der Waals surface area contributed by atoms with E-state index >= 15 is 0 Å². The fraction of sp³-hybridized carbons (Fsp3) is 0.111. The zero-order valence-electron chi connectivity index (χ0n) is 13.0. The van der Waals surface area contributed by atoms with Gasteiger partial charge in [0.1, 0.15) is 5.69 Å². The number of anilines is 1. The van der Waals surface area contributed by atoms with Gasteiger partial charge in [0.15, 0.2) is 0 Å². The van der Waals surface area contributed by atoms with Crippen LogP contribution in [0, 0.1) is 6.92 Å². The average molecular weight is 307 g/mol. The van der Waals surface area contributed by atoms with E-state index < -0.39 is 0 Å². The summed E-state index contributed by atoms with van der Waals surface area (Å²) in [5.74, 6) is -0.268. The van der Waals surface area contributed by atoms with Crippen molar-refractivity contribution in [3.8, 4) is 11.4 Å². The van der Waals surface area contributed by atoms with Crippen LogP contribution in [0.2, 0.25) is 0 Å². The van der Waals surface area contributed by atoms with E-state index in [1.807, 2.05) is 72.3 Å². The number of para-hydroxylation sites is 2. The third kappa shape index (κ3) is 2.68. The van der Waals surface area contributed by atoms with Crippen LogP contribution in [0.15, 0.2) is 65.5 Å². The fourth-order valence-corrected chi connectivity index (χ4v) is 2.61. The van der Waals surface area contributed by atoms with Gasteiger partial charge in [-0.1, -0.05) is 36.4 Å². The predicted molar refractivity (Wildman–Crippen MR) is 90.4 cm³/mol. The third-order valence-electron chi connectivity index (χ3n) is 3.59. The molecule has 0 spiro atoms. The molecule has 1 aromatic heterocycles. The lowest BCUT2D eigenvalue weighted by atomic mass is 10.3. The topological polar surface area (TPSA) is 56.0 Å². The maximum absolute atomic E-state index is 12.8. The minimum Gasteiger partial charge on any atom is -0.320 e. The van der Waals surface area contributed by atoms with Gasteiger partial charge < -0.3 is 5.32 Å². The summed E-state index contributed by atoms with van der Waals surface area (Å²) in [4.78, 5) is 24.3.